The number of hydrogen-bond acceptors (Lipinski definition) is 1. The third-order valence-corrected chi connectivity index (χ3v) is 3.05. The van der Waals surface area contributed by atoms with Crippen molar-refractivity contribution in [2.75, 3.05) is 6.61 Å². The Hall–Kier alpha value is -0.480. The van der Waals surface area contributed by atoms with Gasteiger partial charge >= 0.3 is 0 Å². The number of fused-ring (bicyclic) bond motifs is 1. The Kier molecular flexibility index (Phi) is 1.87. The molecule has 0 aliphatic heterocycles. The lowest BCUT2D eigenvalue weighted by Crippen LogP contribution is -1.88. The van der Waals surface area contributed by atoms with Gasteiger partial charge in [-0.25, -0.2) is 0 Å². The zero-order chi connectivity index (χ0) is 7.68. The van der Waals surface area contributed by atoms with Crippen LogP contribution in [0.4, 0.5) is 0 Å². The van der Waals surface area contributed by atoms with Crippen molar-refractivity contribution >= 4 is 0 Å². The van der Waals surface area contributed by atoms with Crippen molar-refractivity contribution in [3.63, 3.8) is 0 Å². The predicted octanol–water partition coefficient (Wildman–Crippen LogP) is 1.42. The lowest BCUT2D eigenvalue weighted by atomic mass is 10.1. The van der Waals surface area contributed by atoms with Crippen LogP contribution in [0.15, 0.2) is 0 Å². The highest BCUT2D eigenvalue weighted by molar-refractivity contribution is 5.07. The summed E-state index contributed by atoms with van der Waals surface area (Å²) in [5.74, 6) is 8.57. The Bertz CT molecular complexity index is 181. The number of hydrogen-bond donors (Lipinski definition) is 1. The topological polar surface area (TPSA) is 20.2 Å². The summed E-state index contributed by atoms with van der Waals surface area (Å²) in [6, 6.07) is 0. The van der Waals surface area contributed by atoms with E-state index in [1.807, 2.05) is 0 Å². The second kappa shape index (κ2) is 2.87. The molecule has 0 saturated heterocycles. The third-order valence-electron chi connectivity index (χ3n) is 3.05. The van der Waals surface area contributed by atoms with Gasteiger partial charge in [0.15, 0.2) is 0 Å². The maximum atomic E-state index is 8.98. The van der Waals surface area contributed by atoms with Gasteiger partial charge in [0.25, 0.3) is 0 Å². The minimum absolute atomic E-state index is 0.398. The van der Waals surface area contributed by atoms with Gasteiger partial charge in [-0.1, -0.05) is 0 Å². The van der Waals surface area contributed by atoms with E-state index < -0.39 is 0 Å². The maximum absolute atomic E-state index is 8.98. The smallest absolute Gasteiger partial charge is 0.0464 e. The Morgan fingerprint density at radius 2 is 1.64 bits per heavy atom. The van der Waals surface area contributed by atoms with E-state index in [9.17, 15) is 0 Å². The molecule has 0 aromatic carbocycles. The highest BCUT2D eigenvalue weighted by atomic mass is 16.3. The molecule has 1 nitrogen and oxygen atoms in total. The van der Waals surface area contributed by atoms with Crippen LogP contribution in [0, 0.1) is 29.6 Å². The molecule has 1 unspecified atom stereocenters. The molecule has 11 heavy (non-hydrogen) atoms. The van der Waals surface area contributed by atoms with Gasteiger partial charge in [0, 0.05) is 19.4 Å². The zero-order valence-corrected chi connectivity index (χ0v) is 6.71. The van der Waals surface area contributed by atoms with Crippen molar-refractivity contribution in [1.82, 2.24) is 0 Å². The molecule has 0 heterocycles. The first kappa shape index (κ1) is 7.18. The summed E-state index contributed by atoms with van der Waals surface area (Å²) in [5, 5.41) is 8.98. The second-order valence-electron chi connectivity index (χ2n) is 3.61. The molecule has 2 aliphatic rings. The molecule has 0 spiro atoms. The van der Waals surface area contributed by atoms with Crippen LogP contribution < -0.4 is 0 Å². The molecule has 60 valence electrons. The number of aliphatic hydroxyl groups excluding tert-OH is 1. The molecule has 3 atom stereocenters. The van der Waals surface area contributed by atoms with Crippen molar-refractivity contribution in [2.45, 2.75) is 25.7 Å². The lowest BCUT2D eigenvalue weighted by molar-refractivity contribution is 0.262. The summed E-state index contributed by atoms with van der Waals surface area (Å²) in [5.41, 5.74) is 0. The fourth-order valence-corrected chi connectivity index (χ4v) is 2.31. The summed E-state index contributed by atoms with van der Waals surface area (Å²) < 4.78 is 0. The van der Waals surface area contributed by atoms with Gasteiger partial charge in [0.05, 0.1) is 0 Å². The molecular formula is C10H14O. The van der Waals surface area contributed by atoms with Crippen LogP contribution in [-0.2, 0) is 0 Å². The van der Waals surface area contributed by atoms with Gasteiger partial charge < -0.3 is 5.11 Å². The number of rotatable bonds is 1. The lowest BCUT2D eigenvalue weighted by Gasteiger charge is -1.96. The van der Waals surface area contributed by atoms with Gasteiger partial charge in [-0.05, 0) is 30.6 Å². The van der Waals surface area contributed by atoms with E-state index in [2.05, 4.69) is 11.8 Å². The molecule has 1 fully saturated rings. The highest BCUT2D eigenvalue weighted by Gasteiger charge is 2.47. The van der Waals surface area contributed by atoms with Crippen LogP contribution in [-0.4, -0.2) is 11.7 Å². The summed E-state index contributed by atoms with van der Waals surface area (Å²) >= 11 is 0. The van der Waals surface area contributed by atoms with Crippen molar-refractivity contribution in [3.8, 4) is 11.8 Å². The molecule has 1 heteroatoms. The van der Waals surface area contributed by atoms with E-state index in [4.69, 9.17) is 5.11 Å². The SMILES string of the molecule is OC[C@@H]1C2CCC#CCC[C@H]21. The van der Waals surface area contributed by atoms with E-state index in [0.717, 1.165) is 24.7 Å². The highest BCUT2D eigenvalue weighted by Crippen LogP contribution is 2.51. The summed E-state index contributed by atoms with van der Waals surface area (Å²) in [7, 11) is 0. The summed E-state index contributed by atoms with van der Waals surface area (Å²) in [6.45, 7) is 0.398. The monoisotopic (exact) mass is 150 g/mol. The number of aliphatic hydroxyl groups is 1. The second-order valence-corrected chi connectivity index (χ2v) is 3.61. The Balaban J connectivity index is 1.93. The minimum atomic E-state index is 0.398. The van der Waals surface area contributed by atoms with E-state index in [1.54, 1.807) is 0 Å². The molecule has 0 amide bonds. The first-order valence-corrected chi connectivity index (χ1v) is 4.50. The van der Waals surface area contributed by atoms with Gasteiger partial charge in [-0.3, -0.25) is 0 Å². The maximum Gasteiger partial charge on any atom is 0.0464 e. The van der Waals surface area contributed by atoms with Crippen molar-refractivity contribution in [2.24, 2.45) is 17.8 Å². The molecule has 0 aromatic heterocycles. The van der Waals surface area contributed by atoms with Crippen molar-refractivity contribution in [1.29, 1.82) is 0 Å². The van der Waals surface area contributed by atoms with Gasteiger partial charge in [0.1, 0.15) is 0 Å². The zero-order valence-electron chi connectivity index (χ0n) is 6.71. The van der Waals surface area contributed by atoms with Crippen molar-refractivity contribution < 1.29 is 5.11 Å². The molecule has 0 radical (unpaired) electrons. The fourth-order valence-electron chi connectivity index (χ4n) is 2.31. The Labute approximate surface area is 67.8 Å². The largest absolute Gasteiger partial charge is 0.396 e. The van der Waals surface area contributed by atoms with Crippen LogP contribution in [0.1, 0.15) is 25.7 Å². The van der Waals surface area contributed by atoms with E-state index in [0.29, 0.717) is 12.5 Å². The normalized spacial score (nSPS) is 41.0. The fraction of sp³-hybridized carbons (Fsp3) is 0.800. The third kappa shape index (κ3) is 1.28. The van der Waals surface area contributed by atoms with Crippen LogP contribution >= 0.6 is 0 Å². The van der Waals surface area contributed by atoms with Crippen LogP contribution in [0.3, 0.4) is 0 Å². The van der Waals surface area contributed by atoms with Gasteiger partial charge in [-0.15, -0.1) is 11.8 Å². The Morgan fingerprint density at radius 3 is 2.09 bits per heavy atom. The average Bonchev–Trinajstić information content (AvgIpc) is 2.60. The first-order valence-electron chi connectivity index (χ1n) is 4.50. The summed E-state index contributed by atoms with van der Waals surface area (Å²) in [4.78, 5) is 0. The van der Waals surface area contributed by atoms with E-state index in [-0.39, 0.29) is 0 Å². The van der Waals surface area contributed by atoms with Gasteiger partial charge in [0.2, 0.25) is 0 Å². The molecule has 2 rings (SSSR count). The van der Waals surface area contributed by atoms with Gasteiger partial charge in [-0.2, -0.15) is 0 Å². The Morgan fingerprint density at radius 1 is 1.09 bits per heavy atom. The summed E-state index contributed by atoms with van der Waals surface area (Å²) in [6.07, 6.45) is 4.56. The molecule has 0 aromatic rings. The molecule has 1 N–H and O–H groups in total. The minimum Gasteiger partial charge on any atom is -0.396 e. The molecule has 0 bridgehead atoms. The quantitative estimate of drug-likeness (QED) is 0.560. The standard InChI is InChI=1S/C10H14O/c11-7-10-8-5-3-1-2-4-6-9(8)10/h8-11H,3-7H2/t8-,9?,10+/m1/s1. The van der Waals surface area contributed by atoms with E-state index >= 15 is 0 Å². The van der Waals surface area contributed by atoms with Crippen LogP contribution in [0.2, 0.25) is 0 Å². The molecule has 2 aliphatic carbocycles. The van der Waals surface area contributed by atoms with E-state index in [1.165, 1.54) is 12.8 Å². The van der Waals surface area contributed by atoms with Crippen molar-refractivity contribution in [3.05, 3.63) is 0 Å². The molecule has 1 saturated carbocycles. The first-order chi connectivity index (χ1) is 5.43. The van der Waals surface area contributed by atoms with Crippen LogP contribution in [0.25, 0.3) is 0 Å². The predicted molar refractivity (Wildman–Crippen MR) is 43.8 cm³/mol. The van der Waals surface area contributed by atoms with Crippen LogP contribution in [0.5, 0.6) is 0 Å². The average molecular weight is 150 g/mol. The molecular weight excluding hydrogens is 136 g/mol.